The van der Waals surface area contributed by atoms with Crippen LogP contribution in [0.5, 0.6) is 0 Å². The van der Waals surface area contributed by atoms with Crippen molar-refractivity contribution in [2.45, 2.75) is 0 Å². The van der Waals surface area contributed by atoms with E-state index < -0.39 is 5.97 Å². The van der Waals surface area contributed by atoms with E-state index in [9.17, 15) is 4.79 Å². The number of rotatable bonds is 2. The third kappa shape index (κ3) is 4.54. The van der Waals surface area contributed by atoms with Gasteiger partial charge in [-0.3, -0.25) is 0 Å². The molecule has 3 aromatic carbocycles. The molecular weight excluding hydrogens is 292 g/mol. The van der Waals surface area contributed by atoms with Crippen molar-refractivity contribution in [2.75, 3.05) is 0 Å². The second kappa shape index (κ2) is 8.15. The monoisotopic (exact) mass is 298 g/mol. The maximum absolute atomic E-state index is 10.7. The first-order valence-corrected chi connectivity index (χ1v) is 5.33. The zero-order valence-electron chi connectivity index (χ0n) is 10.1. The van der Waals surface area contributed by atoms with Crippen LogP contribution >= 0.6 is 0 Å². The summed E-state index contributed by atoms with van der Waals surface area (Å²) in [6.45, 7) is 0. The maximum atomic E-state index is 10.7. The van der Waals surface area contributed by atoms with Crippen molar-refractivity contribution in [1.29, 1.82) is 0 Å². The normalized spacial score (nSPS) is 9.00. The molecule has 3 heteroatoms. The summed E-state index contributed by atoms with van der Waals surface area (Å²) in [5.41, 5.74) is 1.71. The van der Waals surface area contributed by atoms with Gasteiger partial charge in [-0.15, -0.1) is 0 Å². The zero-order chi connectivity index (χ0) is 13.5. The van der Waals surface area contributed by atoms with Crippen LogP contribution in [0.3, 0.4) is 0 Å². The summed E-state index contributed by atoms with van der Waals surface area (Å²) in [6.07, 6.45) is 0. The van der Waals surface area contributed by atoms with Crippen molar-refractivity contribution < 1.29 is 27.0 Å². The zero-order valence-corrected chi connectivity index (χ0v) is 11.2. The molecule has 0 fully saturated rings. The Labute approximate surface area is 128 Å². The van der Waals surface area contributed by atoms with Crippen LogP contribution in [0.4, 0.5) is 0 Å². The van der Waals surface area contributed by atoms with Gasteiger partial charge in [0.1, 0.15) is 0 Å². The molecule has 0 bridgehead atoms. The van der Waals surface area contributed by atoms with Gasteiger partial charge in [-0.05, 0) is 0 Å². The minimum absolute atomic E-state index is 0. The second-order valence-corrected chi connectivity index (χ2v) is 3.44. The van der Waals surface area contributed by atoms with Gasteiger partial charge in [0.15, 0.2) is 0 Å². The third-order valence-electron chi connectivity index (χ3n) is 2.19. The molecule has 0 aliphatic rings. The van der Waals surface area contributed by atoms with Gasteiger partial charge in [-0.25, -0.2) is 4.79 Å². The average Bonchev–Trinajstić information content (AvgIpc) is 3.15. The Morgan fingerprint density at radius 1 is 1.10 bits per heavy atom. The van der Waals surface area contributed by atoms with E-state index in [1.54, 1.807) is 30.3 Å². The van der Waals surface area contributed by atoms with Crippen LogP contribution in [-0.4, -0.2) is 11.1 Å². The predicted molar refractivity (Wildman–Crippen MR) is 67.2 cm³/mol. The van der Waals surface area contributed by atoms with E-state index in [1.165, 1.54) is 0 Å². The first-order chi connectivity index (χ1) is 9.27. The summed E-state index contributed by atoms with van der Waals surface area (Å²) < 4.78 is 0. The summed E-state index contributed by atoms with van der Waals surface area (Å²) in [7, 11) is 0. The van der Waals surface area contributed by atoms with Crippen LogP contribution in [0, 0.1) is 48.5 Å². The summed E-state index contributed by atoms with van der Waals surface area (Å²) in [5, 5.41) is 8.77. The Kier molecular flexibility index (Phi) is 6.51. The van der Waals surface area contributed by atoms with Crippen molar-refractivity contribution in [3.63, 3.8) is 0 Å². The Bertz CT molecular complexity index is 593. The molecule has 0 aliphatic heterocycles. The van der Waals surface area contributed by atoms with E-state index in [0.717, 1.165) is 5.56 Å². The molecule has 0 saturated heterocycles. The fraction of sp³-hybridized carbons (Fsp3) is 0. The Hall–Kier alpha value is -2.09. The topological polar surface area (TPSA) is 37.3 Å². The average molecular weight is 298 g/mol. The summed E-state index contributed by atoms with van der Waals surface area (Å²) in [5.74, 6) is -0.939. The van der Waals surface area contributed by atoms with E-state index in [1.807, 2.05) is 0 Å². The number of carboxylic acids is 1. The maximum Gasteiger partial charge on any atom is 0.312 e. The molecule has 1 N–H and O–H groups in total. The second-order valence-electron chi connectivity index (χ2n) is 3.44. The summed E-state index contributed by atoms with van der Waals surface area (Å²) in [6, 6.07) is 29.4. The van der Waals surface area contributed by atoms with Gasteiger partial charge in [0.2, 0.25) is 0 Å². The third-order valence-corrected chi connectivity index (χ3v) is 2.19. The first kappa shape index (κ1) is 16.0. The van der Waals surface area contributed by atoms with Gasteiger partial charge in [0.25, 0.3) is 0 Å². The molecular formula is C17H6FeO2-10. The van der Waals surface area contributed by atoms with Gasteiger partial charge in [0.05, 0.1) is 0 Å². The molecule has 0 amide bonds. The Morgan fingerprint density at radius 2 is 1.75 bits per heavy atom. The van der Waals surface area contributed by atoms with Crippen molar-refractivity contribution in [3.8, 4) is 11.1 Å². The molecule has 0 radical (unpaired) electrons. The predicted octanol–water partition coefficient (Wildman–Crippen LogP) is 2.58. The summed E-state index contributed by atoms with van der Waals surface area (Å²) in [4.78, 5) is 10.7. The quantitative estimate of drug-likeness (QED) is 0.583. The largest absolute Gasteiger partial charge is 0.999 e. The van der Waals surface area contributed by atoms with Gasteiger partial charge < -0.3 is 83.0 Å². The van der Waals surface area contributed by atoms with Crippen LogP contribution in [0.2, 0.25) is 0 Å². The molecule has 0 spiro atoms. The number of carboxylic acid groups (broad SMARTS) is 1. The van der Waals surface area contributed by atoms with Crippen molar-refractivity contribution >= 4 is 5.97 Å². The minimum atomic E-state index is -0.939. The first-order valence-electron chi connectivity index (χ1n) is 5.33. The van der Waals surface area contributed by atoms with E-state index >= 15 is 0 Å². The molecule has 20 heavy (non-hydrogen) atoms. The molecule has 3 aromatic rings. The molecule has 3 rings (SSSR count). The number of hydrogen-bond donors (Lipinski definition) is 1. The van der Waals surface area contributed by atoms with E-state index in [4.69, 9.17) is 5.11 Å². The smallest absolute Gasteiger partial charge is 0.312 e. The van der Waals surface area contributed by atoms with E-state index in [-0.39, 0.29) is 22.6 Å². The fourth-order valence-electron chi connectivity index (χ4n) is 1.35. The van der Waals surface area contributed by atoms with Gasteiger partial charge >= 0.3 is 5.97 Å². The van der Waals surface area contributed by atoms with Crippen molar-refractivity contribution in [2.24, 2.45) is 0 Å². The van der Waals surface area contributed by atoms with Crippen LogP contribution in [-0.2, 0) is 17.1 Å². The minimum Gasteiger partial charge on any atom is -0.999 e. The molecule has 0 unspecified atom stereocenters. The number of aromatic carboxylic acids is 1. The standard InChI is InChI=1S/C12H5O2.C5H.Fe/c13-12(14)11-7-3-6-10(8-11)9-4-1-2-5-9;1-2-4-5-3-1;/h3,6-8H,(H,13,14);1H;/q2*-5;. The molecule has 2 nitrogen and oxygen atoms in total. The number of benzene rings is 1. The number of carbonyl (C=O) groups is 1. The van der Waals surface area contributed by atoms with E-state index in [0.29, 0.717) is 5.56 Å². The van der Waals surface area contributed by atoms with Gasteiger partial charge in [0, 0.05) is 17.1 Å². The van der Waals surface area contributed by atoms with Crippen molar-refractivity contribution in [3.05, 3.63) is 84.4 Å². The molecule has 0 heterocycles. The number of hydrogen-bond acceptors (Lipinski definition) is 1. The molecule has 104 valence electrons. The fourth-order valence-corrected chi connectivity index (χ4v) is 1.35. The van der Waals surface area contributed by atoms with E-state index in [2.05, 4.69) is 48.5 Å². The summed E-state index contributed by atoms with van der Waals surface area (Å²) >= 11 is 0. The molecule has 0 saturated carbocycles. The Morgan fingerprint density at radius 3 is 2.25 bits per heavy atom. The van der Waals surface area contributed by atoms with Gasteiger partial charge in [-0.1, -0.05) is 11.6 Å². The molecule has 0 aromatic heterocycles. The Balaban J connectivity index is 0.000000283. The SMILES string of the molecule is O=C(O)c1cccc(-[c-]2[c-][c-][c-][c-]2)c1.[Fe].[c-]1[c-][c-][cH-][c-]1. The van der Waals surface area contributed by atoms with Gasteiger partial charge in [-0.2, -0.15) is 6.07 Å². The molecule has 0 aliphatic carbocycles. The van der Waals surface area contributed by atoms with Crippen molar-refractivity contribution in [1.82, 2.24) is 0 Å². The van der Waals surface area contributed by atoms with Crippen LogP contribution in [0.15, 0.2) is 30.3 Å². The van der Waals surface area contributed by atoms with Crippen LogP contribution in [0.25, 0.3) is 11.1 Å². The molecule has 0 atom stereocenters. The van der Waals surface area contributed by atoms with Crippen LogP contribution < -0.4 is 0 Å². The van der Waals surface area contributed by atoms with Crippen LogP contribution in [0.1, 0.15) is 10.4 Å².